The minimum absolute atomic E-state index is 0.842. The highest BCUT2D eigenvalue weighted by Crippen LogP contribution is 2.44. The molecule has 290 valence electrons. The number of aromatic nitrogens is 6. The second kappa shape index (κ2) is 13.5. The zero-order valence-corrected chi connectivity index (χ0v) is 33.5. The van der Waals surface area contributed by atoms with Crippen molar-refractivity contribution in [2.45, 2.75) is 0 Å². The first-order valence-corrected chi connectivity index (χ1v) is 21.0. The van der Waals surface area contributed by atoms with Gasteiger partial charge in [0.05, 0.1) is 50.2 Å². The molecule has 4 heterocycles. The van der Waals surface area contributed by atoms with E-state index in [1.807, 2.05) is 28.9 Å². The molecule has 13 aromatic rings. The average molecular weight is 793 g/mol. The minimum atomic E-state index is 0.842. The smallest absolute Gasteiger partial charge is 0.121 e. The number of hydrogen-bond donors (Lipinski definition) is 0. The molecular formula is C56H36N6. The molecule has 0 spiro atoms. The molecule has 0 atom stereocenters. The van der Waals surface area contributed by atoms with E-state index in [9.17, 15) is 0 Å². The highest BCUT2D eigenvalue weighted by Gasteiger charge is 2.24. The molecule has 0 saturated carbocycles. The van der Waals surface area contributed by atoms with Gasteiger partial charge in [0, 0.05) is 49.1 Å². The fourth-order valence-corrected chi connectivity index (χ4v) is 9.92. The van der Waals surface area contributed by atoms with E-state index in [0.717, 1.165) is 72.7 Å². The number of hydrogen-bond acceptors (Lipinski definition) is 2. The Hall–Kier alpha value is -8.48. The summed E-state index contributed by atoms with van der Waals surface area (Å²) >= 11 is 0. The third kappa shape index (κ3) is 4.98. The molecule has 4 aromatic heterocycles. The van der Waals surface area contributed by atoms with Gasteiger partial charge in [-0.25, -0.2) is 4.68 Å². The monoisotopic (exact) mass is 792 g/mol. The van der Waals surface area contributed by atoms with Gasteiger partial charge in [0.1, 0.15) is 11.4 Å². The van der Waals surface area contributed by atoms with Crippen LogP contribution in [0.1, 0.15) is 0 Å². The fourth-order valence-electron chi connectivity index (χ4n) is 9.92. The zero-order chi connectivity index (χ0) is 40.7. The fraction of sp³-hybridized carbons (Fsp3) is 0. The van der Waals surface area contributed by atoms with E-state index in [1.165, 1.54) is 38.0 Å². The molecule has 0 radical (unpaired) electrons. The molecule has 62 heavy (non-hydrogen) atoms. The Morgan fingerprint density at radius 3 is 1.52 bits per heavy atom. The van der Waals surface area contributed by atoms with Crippen molar-refractivity contribution < 1.29 is 0 Å². The first-order chi connectivity index (χ1) is 30.8. The number of fused-ring (bicyclic) bond motifs is 10. The predicted octanol–water partition coefficient (Wildman–Crippen LogP) is 13.9. The van der Waals surface area contributed by atoms with Crippen LogP contribution in [0.4, 0.5) is 0 Å². The average Bonchev–Trinajstić information content (AvgIpc) is 4.11. The van der Waals surface area contributed by atoms with Gasteiger partial charge < -0.3 is 13.7 Å². The van der Waals surface area contributed by atoms with Crippen LogP contribution in [0.3, 0.4) is 0 Å². The molecule has 0 unspecified atom stereocenters. The maximum Gasteiger partial charge on any atom is 0.121 e. The summed E-state index contributed by atoms with van der Waals surface area (Å²) in [6.45, 7) is 0. The Bertz CT molecular complexity index is 3790. The lowest BCUT2D eigenvalue weighted by Gasteiger charge is -2.17. The Kier molecular flexibility index (Phi) is 7.50. The van der Waals surface area contributed by atoms with Crippen molar-refractivity contribution in [2.24, 2.45) is 0 Å². The topological polar surface area (TPSA) is 45.5 Å². The summed E-state index contributed by atoms with van der Waals surface area (Å²) in [6, 6.07) is 78.1. The van der Waals surface area contributed by atoms with E-state index < -0.39 is 0 Å². The molecule has 0 aliphatic heterocycles. The van der Waals surface area contributed by atoms with Gasteiger partial charge in [-0.05, 0) is 72.8 Å². The van der Waals surface area contributed by atoms with E-state index >= 15 is 0 Å². The van der Waals surface area contributed by atoms with Gasteiger partial charge >= 0.3 is 0 Å². The number of nitrogens with zero attached hydrogens (tertiary/aromatic N) is 6. The molecule has 0 aliphatic rings. The first-order valence-electron chi connectivity index (χ1n) is 21.0. The van der Waals surface area contributed by atoms with E-state index in [1.54, 1.807) is 0 Å². The van der Waals surface area contributed by atoms with Crippen molar-refractivity contribution in [2.75, 3.05) is 0 Å². The summed E-state index contributed by atoms with van der Waals surface area (Å²) in [6.07, 6.45) is 0. The lowest BCUT2D eigenvalue weighted by Crippen LogP contribution is -2.03. The van der Waals surface area contributed by atoms with Gasteiger partial charge in [-0.15, -0.1) is 5.10 Å². The number of benzene rings is 9. The zero-order valence-electron chi connectivity index (χ0n) is 33.5. The van der Waals surface area contributed by atoms with Gasteiger partial charge in [0.25, 0.3) is 0 Å². The third-order valence-corrected chi connectivity index (χ3v) is 12.5. The van der Waals surface area contributed by atoms with Crippen LogP contribution in [-0.2, 0) is 0 Å². The summed E-state index contributed by atoms with van der Waals surface area (Å²) in [4.78, 5) is 0. The predicted molar refractivity (Wildman–Crippen MR) is 255 cm³/mol. The molecular weight excluding hydrogens is 757 g/mol. The lowest BCUT2D eigenvalue weighted by atomic mass is 10.0. The summed E-state index contributed by atoms with van der Waals surface area (Å²) in [5.74, 6) is 0. The summed E-state index contributed by atoms with van der Waals surface area (Å²) in [5, 5.41) is 16.8. The van der Waals surface area contributed by atoms with Crippen LogP contribution in [0.25, 0.3) is 111 Å². The number of rotatable bonds is 6. The highest BCUT2D eigenvalue weighted by molar-refractivity contribution is 6.26. The van der Waals surface area contributed by atoms with E-state index in [2.05, 4.69) is 208 Å². The van der Waals surface area contributed by atoms with Crippen LogP contribution >= 0.6 is 0 Å². The van der Waals surface area contributed by atoms with Crippen molar-refractivity contribution in [1.29, 1.82) is 0 Å². The molecule has 13 rings (SSSR count). The maximum absolute atomic E-state index is 4.78. The Labute approximate surface area is 356 Å². The first kappa shape index (κ1) is 34.4. The van der Waals surface area contributed by atoms with Gasteiger partial charge in [0.15, 0.2) is 0 Å². The SMILES string of the molecule is c1ccc(-c2nnn(-c3ccccc3)c2-c2ccc3c(c2)c2ccccc2n3-c2ccccc2-n2c3ccccc3c3c2ccc2c4ccccc4n(-c4ccccc4)c23)cc1. The summed E-state index contributed by atoms with van der Waals surface area (Å²) in [5.41, 5.74) is 15.1. The van der Waals surface area contributed by atoms with Crippen LogP contribution in [0.15, 0.2) is 218 Å². The van der Waals surface area contributed by atoms with Crippen molar-refractivity contribution >= 4 is 65.4 Å². The third-order valence-electron chi connectivity index (χ3n) is 12.5. The molecule has 0 N–H and O–H groups in total. The maximum atomic E-state index is 4.78. The van der Waals surface area contributed by atoms with Crippen molar-refractivity contribution in [3.8, 4) is 45.3 Å². The normalized spacial score (nSPS) is 11.9. The lowest BCUT2D eigenvalue weighted by molar-refractivity contribution is 0.809. The van der Waals surface area contributed by atoms with E-state index in [-0.39, 0.29) is 0 Å². The van der Waals surface area contributed by atoms with Crippen LogP contribution in [-0.4, -0.2) is 28.7 Å². The summed E-state index contributed by atoms with van der Waals surface area (Å²) in [7, 11) is 0. The highest BCUT2D eigenvalue weighted by atomic mass is 15.4. The molecule has 0 amide bonds. The molecule has 9 aromatic carbocycles. The van der Waals surface area contributed by atoms with Gasteiger partial charge in [-0.3, -0.25) is 0 Å². The Morgan fingerprint density at radius 2 is 0.823 bits per heavy atom. The molecule has 6 heteroatoms. The van der Waals surface area contributed by atoms with Crippen molar-refractivity contribution in [3.05, 3.63) is 218 Å². The van der Waals surface area contributed by atoms with Crippen LogP contribution < -0.4 is 0 Å². The van der Waals surface area contributed by atoms with Crippen LogP contribution in [0, 0.1) is 0 Å². The molecule has 6 nitrogen and oxygen atoms in total. The van der Waals surface area contributed by atoms with Crippen LogP contribution in [0.2, 0.25) is 0 Å². The Morgan fingerprint density at radius 1 is 0.323 bits per heavy atom. The van der Waals surface area contributed by atoms with Crippen molar-refractivity contribution in [3.63, 3.8) is 0 Å². The quantitative estimate of drug-likeness (QED) is 0.168. The molecule has 0 fully saturated rings. The molecule has 0 aliphatic carbocycles. The van der Waals surface area contributed by atoms with Gasteiger partial charge in [-0.2, -0.15) is 0 Å². The van der Waals surface area contributed by atoms with Gasteiger partial charge in [0.2, 0.25) is 0 Å². The van der Waals surface area contributed by atoms with Crippen molar-refractivity contribution in [1.82, 2.24) is 28.7 Å². The second-order valence-electron chi connectivity index (χ2n) is 15.9. The van der Waals surface area contributed by atoms with E-state index in [4.69, 9.17) is 10.3 Å². The molecule has 0 bridgehead atoms. The van der Waals surface area contributed by atoms with Crippen LogP contribution in [0.5, 0.6) is 0 Å². The molecule has 0 saturated heterocycles. The standard InChI is InChI=1S/C56H36N6/c1-4-18-37(19-5-1)54-55(62(58-57-54)40-22-8-3-9-23-40)38-32-34-49-45(36-38)42-25-11-14-28-47(42)60(49)50-30-16-17-31-51(50)61-48-29-15-12-26-44(48)53-52(61)35-33-43-41-24-10-13-27-46(41)59(56(43)53)39-20-6-2-7-21-39/h1-36H. The second-order valence-corrected chi connectivity index (χ2v) is 15.9. The van der Waals surface area contributed by atoms with E-state index in [0.29, 0.717) is 0 Å². The minimum Gasteiger partial charge on any atom is -0.309 e. The van der Waals surface area contributed by atoms with Gasteiger partial charge in [-0.1, -0.05) is 151 Å². The number of para-hydroxylation sites is 7. The summed E-state index contributed by atoms with van der Waals surface area (Å²) < 4.78 is 9.32. The largest absolute Gasteiger partial charge is 0.309 e. The Balaban J connectivity index is 1.08.